The van der Waals surface area contributed by atoms with E-state index in [1.165, 1.54) is 5.56 Å². The van der Waals surface area contributed by atoms with E-state index in [4.69, 9.17) is 4.74 Å². The predicted octanol–water partition coefficient (Wildman–Crippen LogP) is 2.01. The SMILES string of the molecule is CC(C)C1(c2cccnc2)COC1. The van der Waals surface area contributed by atoms with Crippen LogP contribution in [0.5, 0.6) is 0 Å². The van der Waals surface area contributed by atoms with Crippen LogP contribution in [0.4, 0.5) is 0 Å². The molecule has 1 aliphatic heterocycles. The second-order valence-corrected chi connectivity index (χ2v) is 4.05. The van der Waals surface area contributed by atoms with E-state index in [1.54, 1.807) is 0 Å². The molecule has 2 heterocycles. The van der Waals surface area contributed by atoms with Crippen LogP contribution in [0.25, 0.3) is 0 Å². The van der Waals surface area contributed by atoms with Gasteiger partial charge >= 0.3 is 0 Å². The Labute approximate surface area is 78.9 Å². The lowest BCUT2D eigenvalue weighted by Gasteiger charge is -2.45. The van der Waals surface area contributed by atoms with Crippen molar-refractivity contribution in [2.45, 2.75) is 19.3 Å². The Hall–Kier alpha value is -0.890. The van der Waals surface area contributed by atoms with Crippen LogP contribution >= 0.6 is 0 Å². The largest absolute Gasteiger partial charge is 0.379 e. The monoisotopic (exact) mass is 177 g/mol. The van der Waals surface area contributed by atoms with Gasteiger partial charge in [0, 0.05) is 17.8 Å². The highest BCUT2D eigenvalue weighted by molar-refractivity contribution is 5.25. The van der Waals surface area contributed by atoms with Crippen molar-refractivity contribution in [3.8, 4) is 0 Å². The summed E-state index contributed by atoms with van der Waals surface area (Å²) in [5.41, 5.74) is 1.55. The Balaban J connectivity index is 2.32. The van der Waals surface area contributed by atoms with Crippen molar-refractivity contribution < 1.29 is 4.74 Å². The minimum absolute atomic E-state index is 0.230. The van der Waals surface area contributed by atoms with Crippen LogP contribution in [-0.4, -0.2) is 18.2 Å². The molecule has 0 aliphatic carbocycles. The van der Waals surface area contributed by atoms with Crippen molar-refractivity contribution in [1.82, 2.24) is 4.98 Å². The van der Waals surface area contributed by atoms with Crippen LogP contribution in [0, 0.1) is 5.92 Å². The van der Waals surface area contributed by atoms with Crippen molar-refractivity contribution in [1.29, 1.82) is 0 Å². The highest BCUT2D eigenvalue weighted by Crippen LogP contribution is 2.38. The fourth-order valence-electron chi connectivity index (χ4n) is 1.81. The van der Waals surface area contributed by atoms with E-state index in [2.05, 4.69) is 24.9 Å². The fourth-order valence-corrected chi connectivity index (χ4v) is 1.81. The standard InChI is InChI=1S/C11H15NO/c1-9(2)11(7-13-8-11)10-4-3-5-12-6-10/h3-6,9H,7-8H2,1-2H3. The highest BCUT2D eigenvalue weighted by Gasteiger charge is 2.43. The first-order valence-electron chi connectivity index (χ1n) is 4.74. The minimum atomic E-state index is 0.230. The summed E-state index contributed by atoms with van der Waals surface area (Å²) < 4.78 is 5.33. The van der Waals surface area contributed by atoms with E-state index in [1.807, 2.05) is 18.5 Å². The lowest BCUT2D eigenvalue weighted by molar-refractivity contribution is -0.0838. The van der Waals surface area contributed by atoms with Crippen molar-refractivity contribution in [2.75, 3.05) is 13.2 Å². The molecule has 0 atom stereocenters. The molecule has 1 aromatic rings. The minimum Gasteiger partial charge on any atom is -0.379 e. The number of nitrogens with zero attached hydrogens (tertiary/aromatic N) is 1. The maximum atomic E-state index is 5.33. The fraction of sp³-hybridized carbons (Fsp3) is 0.545. The molecule has 13 heavy (non-hydrogen) atoms. The zero-order valence-electron chi connectivity index (χ0n) is 8.16. The van der Waals surface area contributed by atoms with Gasteiger partial charge < -0.3 is 4.74 Å². The van der Waals surface area contributed by atoms with Gasteiger partial charge in [0.2, 0.25) is 0 Å². The molecule has 2 nitrogen and oxygen atoms in total. The third kappa shape index (κ3) is 1.25. The van der Waals surface area contributed by atoms with Gasteiger partial charge in [-0.1, -0.05) is 19.9 Å². The number of aromatic nitrogens is 1. The molecule has 0 aromatic carbocycles. The molecule has 1 aliphatic rings. The Morgan fingerprint density at radius 1 is 1.46 bits per heavy atom. The van der Waals surface area contributed by atoms with Crippen LogP contribution in [0.2, 0.25) is 0 Å². The average Bonchev–Trinajstić information content (AvgIpc) is 2.03. The number of ether oxygens (including phenoxy) is 1. The van der Waals surface area contributed by atoms with E-state index < -0.39 is 0 Å². The molecule has 2 rings (SSSR count). The van der Waals surface area contributed by atoms with Crippen LogP contribution in [0.1, 0.15) is 19.4 Å². The number of pyridine rings is 1. The zero-order valence-corrected chi connectivity index (χ0v) is 8.16. The summed E-state index contributed by atoms with van der Waals surface area (Å²) in [6, 6.07) is 4.15. The van der Waals surface area contributed by atoms with E-state index in [0.29, 0.717) is 5.92 Å². The molecular weight excluding hydrogens is 162 g/mol. The van der Waals surface area contributed by atoms with Gasteiger partial charge in [-0.05, 0) is 17.5 Å². The third-order valence-electron chi connectivity index (χ3n) is 3.06. The van der Waals surface area contributed by atoms with Crippen LogP contribution < -0.4 is 0 Å². The average molecular weight is 177 g/mol. The molecule has 0 amide bonds. The van der Waals surface area contributed by atoms with Crippen molar-refractivity contribution in [3.05, 3.63) is 30.1 Å². The lowest BCUT2D eigenvalue weighted by Crippen LogP contribution is -2.50. The second-order valence-electron chi connectivity index (χ2n) is 4.05. The molecule has 0 saturated carbocycles. The number of hydrogen-bond acceptors (Lipinski definition) is 2. The molecule has 1 aromatic heterocycles. The van der Waals surface area contributed by atoms with E-state index in [-0.39, 0.29) is 5.41 Å². The first-order chi connectivity index (χ1) is 6.26. The molecule has 0 unspecified atom stereocenters. The normalized spacial score (nSPS) is 19.9. The van der Waals surface area contributed by atoms with Gasteiger partial charge in [-0.3, -0.25) is 4.98 Å². The molecule has 70 valence electrons. The summed E-state index contributed by atoms with van der Waals surface area (Å²) in [5.74, 6) is 0.616. The Morgan fingerprint density at radius 3 is 2.62 bits per heavy atom. The summed E-state index contributed by atoms with van der Waals surface area (Å²) in [5, 5.41) is 0. The number of hydrogen-bond donors (Lipinski definition) is 0. The summed E-state index contributed by atoms with van der Waals surface area (Å²) >= 11 is 0. The summed E-state index contributed by atoms with van der Waals surface area (Å²) in [6.07, 6.45) is 3.78. The first-order valence-corrected chi connectivity index (χ1v) is 4.74. The van der Waals surface area contributed by atoms with Crippen LogP contribution in [0.3, 0.4) is 0 Å². The van der Waals surface area contributed by atoms with Crippen LogP contribution in [0.15, 0.2) is 24.5 Å². The molecule has 0 N–H and O–H groups in total. The van der Waals surface area contributed by atoms with Crippen molar-refractivity contribution in [2.24, 2.45) is 5.92 Å². The molecule has 0 bridgehead atoms. The number of rotatable bonds is 2. The maximum absolute atomic E-state index is 5.33. The third-order valence-corrected chi connectivity index (χ3v) is 3.06. The smallest absolute Gasteiger partial charge is 0.0588 e. The lowest BCUT2D eigenvalue weighted by atomic mass is 9.71. The van der Waals surface area contributed by atoms with E-state index in [0.717, 1.165) is 13.2 Å². The Morgan fingerprint density at radius 2 is 2.23 bits per heavy atom. The molecule has 0 radical (unpaired) electrons. The molecular formula is C11H15NO. The summed E-state index contributed by atoms with van der Waals surface area (Å²) in [4.78, 5) is 4.16. The van der Waals surface area contributed by atoms with Crippen molar-refractivity contribution >= 4 is 0 Å². The van der Waals surface area contributed by atoms with Crippen molar-refractivity contribution in [3.63, 3.8) is 0 Å². The van der Waals surface area contributed by atoms with E-state index in [9.17, 15) is 0 Å². The Bertz CT molecular complexity index is 277. The highest BCUT2D eigenvalue weighted by atomic mass is 16.5. The second kappa shape index (κ2) is 3.11. The summed E-state index contributed by atoms with van der Waals surface area (Å²) in [7, 11) is 0. The topological polar surface area (TPSA) is 22.1 Å². The molecule has 0 spiro atoms. The molecule has 1 fully saturated rings. The van der Waals surface area contributed by atoms with Gasteiger partial charge in [0.1, 0.15) is 0 Å². The van der Waals surface area contributed by atoms with Gasteiger partial charge in [0.15, 0.2) is 0 Å². The maximum Gasteiger partial charge on any atom is 0.0588 e. The quantitative estimate of drug-likeness (QED) is 0.689. The van der Waals surface area contributed by atoms with Gasteiger partial charge in [0.05, 0.1) is 13.2 Å². The van der Waals surface area contributed by atoms with Gasteiger partial charge in [-0.15, -0.1) is 0 Å². The molecule has 2 heteroatoms. The zero-order chi connectivity index (χ0) is 9.31. The van der Waals surface area contributed by atoms with Gasteiger partial charge in [0.25, 0.3) is 0 Å². The van der Waals surface area contributed by atoms with Crippen LogP contribution in [-0.2, 0) is 10.2 Å². The summed E-state index contributed by atoms with van der Waals surface area (Å²) in [6.45, 7) is 6.18. The van der Waals surface area contributed by atoms with E-state index >= 15 is 0 Å². The Kier molecular flexibility index (Phi) is 2.08. The molecule has 1 saturated heterocycles. The van der Waals surface area contributed by atoms with Gasteiger partial charge in [-0.2, -0.15) is 0 Å². The van der Waals surface area contributed by atoms with Gasteiger partial charge in [-0.25, -0.2) is 0 Å². The predicted molar refractivity (Wildman–Crippen MR) is 51.6 cm³/mol. The first kappa shape index (κ1) is 8.70.